The lowest BCUT2D eigenvalue weighted by Crippen LogP contribution is -2.46. The minimum atomic E-state index is -0.951. The Labute approximate surface area is 201 Å². The Bertz CT molecular complexity index is 592. The Hall–Kier alpha value is -1.04. The van der Waals surface area contributed by atoms with Crippen LogP contribution in [0.4, 0.5) is 8.78 Å². The molecule has 0 amide bonds. The number of benzene rings is 1. The summed E-state index contributed by atoms with van der Waals surface area (Å²) in [5.41, 5.74) is 0.859. The van der Waals surface area contributed by atoms with Crippen LogP contribution in [0, 0.1) is 17.6 Å². The fraction of sp³-hybridized carbons (Fsp3) is 0.786. The molecule has 0 heterocycles. The van der Waals surface area contributed by atoms with E-state index in [0.29, 0.717) is 19.8 Å². The maximum Gasteiger partial charge on any atom is 0.285 e. The van der Waals surface area contributed by atoms with Gasteiger partial charge in [-0.25, -0.2) is 8.78 Å². The maximum atomic E-state index is 13.4. The molecule has 0 spiro atoms. The van der Waals surface area contributed by atoms with E-state index in [1.54, 1.807) is 6.07 Å². The first-order chi connectivity index (χ1) is 16.0. The highest BCUT2D eigenvalue weighted by Crippen LogP contribution is 2.34. The minimum absolute atomic E-state index is 0.203. The Morgan fingerprint density at radius 2 is 1.18 bits per heavy atom. The first-order valence-electron chi connectivity index (χ1n) is 13.4. The van der Waals surface area contributed by atoms with Crippen LogP contribution in [-0.2, 0) is 20.6 Å². The number of halogens is 2. The van der Waals surface area contributed by atoms with E-state index in [2.05, 4.69) is 6.92 Å². The SMILES string of the molecule is CCCCCCCCC(CCCCCCc1ccc(F)c(F)c1)C(OCC)(OCC)OCC. The van der Waals surface area contributed by atoms with Crippen molar-refractivity contribution in [2.45, 2.75) is 117 Å². The zero-order valence-electron chi connectivity index (χ0n) is 21.6. The normalized spacial score (nSPS) is 12.9. The summed E-state index contributed by atoms with van der Waals surface area (Å²) in [6.45, 7) is 9.89. The third kappa shape index (κ3) is 11.8. The van der Waals surface area contributed by atoms with Crippen LogP contribution in [0.2, 0.25) is 0 Å². The predicted molar refractivity (Wildman–Crippen MR) is 132 cm³/mol. The van der Waals surface area contributed by atoms with E-state index in [-0.39, 0.29) is 5.92 Å². The van der Waals surface area contributed by atoms with E-state index in [1.165, 1.54) is 50.7 Å². The topological polar surface area (TPSA) is 27.7 Å². The summed E-state index contributed by atoms with van der Waals surface area (Å²) in [6, 6.07) is 4.20. The van der Waals surface area contributed by atoms with Gasteiger partial charge in [0, 0.05) is 25.7 Å². The standard InChI is InChI=1S/C28H48F2O3/c1-5-9-10-11-12-16-19-25(28(31-6-2,32-7-3)33-8-4)20-17-14-13-15-18-24-21-22-26(29)27(30)23-24/h21-23,25H,5-20H2,1-4H3. The second-order valence-electron chi connectivity index (χ2n) is 8.86. The third-order valence-corrected chi connectivity index (χ3v) is 6.19. The van der Waals surface area contributed by atoms with Gasteiger partial charge in [-0.3, -0.25) is 0 Å². The van der Waals surface area contributed by atoms with Crippen LogP contribution in [-0.4, -0.2) is 25.8 Å². The van der Waals surface area contributed by atoms with Gasteiger partial charge in [-0.2, -0.15) is 0 Å². The van der Waals surface area contributed by atoms with Crippen LogP contribution in [0.5, 0.6) is 0 Å². The number of aryl methyl sites for hydroxylation is 1. The second kappa shape index (κ2) is 18.3. The first-order valence-corrected chi connectivity index (χ1v) is 13.4. The molecule has 1 aromatic carbocycles. The van der Waals surface area contributed by atoms with Crippen LogP contribution in [0.25, 0.3) is 0 Å². The Morgan fingerprint density at radius 1 is 0.667 bits per heavy atom. The summed E-state index contributed by atoms with van der Waals surface area (Å²) in [6.07, 6.45) is 14.6. The molecule has 0 saturated heterocycles. The van der Waals surface area contributed by atoms with Crippen molar-refractivity contribution in [3.8, 4) is 0 Å². The van der Waals surface area contributed by atoms with Crippen LogP contribution >= 0.6 is 0 Å². The molecule has 3 nitrogen and oxygen atoms in total. The average molecular weight is 471 g/mol. The summed E-state index contributed by atoms with van der Waals surface area (Å²) in [7, 11) is 0. The van der Waals surface area contributed by atoms with Gasteiger partial charge >= 0.3 is 0 Å². The van der Waals surface area contributed by atoms with Crippen molar-refractivity contribution in [3.05, 3.63) is 35.4 Å². The van der Waals surface area contributed by atoms with Gasteiger partial charge in [0.05, 0.1) is 0 Å². The molecule has 1 rings (SSSR count). The summed E-state index contributed by atoms with van der Waals surface area (Å²) in [4.78, 5) is 0. The molecule has 0 fully saturated rings. The summed E-state index contributed by atoms with van der Waals surface area (Å²) < 4.78 is 44.8. The number of unbranched alkanes of at least 4 members (excludes halogenated alkanes) is 8. The average Bonchev–Trinajstić information content (AvgIpc) is 2.79. The molecule has 0 aliphatic carbocycles. The van der Waals surface area contributed by atoms with E-state index >= 15 is 0 Å². The lowest BCUT2D eigenvalue weighted by molar-refractivity contribution is -0.403. The van der Waals surface area contributed by atoms with Crippen molar-refractivity contribution in [2.75, 3.05) is 19.8 Å². The van der Waals surface area contributed by atoms with Crippen molar-refractivity contribution in [2.24, 2.45) is 5.92 Å². The van der Waals surface area contributed by atoms with Crippen molar-refractivity contribution in [3.63, 3.8) is 0 Å². The number of ether oxygens (including phenoxy) is 3. The van der Waals surface area contributed by atoms with E-state index in [4.69, 9.17) is 14.2 Å². The van der Waals surface area contributed by atoms with Gasteiger partial charge in [0.2, 0.25) is 0 Å². The van der Waals surface area contributed by atoms with Crippen LogP contribution in [0.3, 0.4) is 0 Å². The quantitative estimate of drug-likeness (QED) is 0.133. The van der Waals surface area contributed by atoms with E-state index in [1.807, 2.05) is 20.8 Å². The van der Waals surface area contributed by atoms with Gasteiger partial charge in [-0.05, 0) is 64.2 Å². The van der Waals surface area contributed by atoms with Crippen molar-refractivity contribution in [1.29, 1.82) is 0 Å². The lowest BCUT2D eigenvalue weighted by Gasteiger charge is -2.39. The highest BCUT2D eigenvalue weighted by atomic mass is 19.2. The zero-order chi connectivity index (χ0) is 24.4. The fourth-order valence-corrected chi connectivity index (χ4v) is 4.52. The van der Waals surface area contributed by atoms with Crippen molar-refractivity contribution in [1.82, 2.24) is 0 Å². The fourth-order valence-electron chi connectivity index (χ4n) is 4.52. The van der Waals surface area contributed by atoms with Gasteiger partial charge < -0.3 is 14.2 Å². The molecular formula is C28H48F2O3. The predicted octanol–water partition coefficient (Wildman–Crippen LogP) is 8.59. The molecule has 0 bridgehead atoms. The van der Waals surface area contributed by atoms with Crippen molar-refractivity contribution >= 4 is 0 Å². The number of hydrogen-bond donors (Lipinski definition) is 0. The smallest absolute Gasteiger partial charge is 0.285 e. The molecule has 5 heteroatoms. The Morgan fingerprint density at radius 3 is 1.70 bits per heavy atom. The van der Waals surface area contributed by atoms with E-state index in [0.717, 1.165) is 50.5 Å². The summed E-state index contributed by atoms with van der Waals surface area (Å²) in [5.74, 6) is -2.29. The summed E-state index contributed by atoms with van der Waals surface area (Å²) >= 11 is 0. The molecule has 192 valence electrons. The maximum absolute atomic E-state index is 13.4. The second-order valence-corrected chi connectivity index (χ2v) is 8.86. The molecule has 1 unspecified atom stereocenters. The molecule has 0 N–H and O–H groups in total. The number of hydrogen-bond acceptors (Lipinski definition) is 3. The highest BCUT2D eigenvalue weighted by Gasteiger charge is 2.41. The molecule has 0 aliphatic heterocycles. The molecule has 0 saturated carbocycles. The largest absolute Gasteiger partial charge is 0.328 e. The van der Waals surface area contributed by atoms with E-state index in [9.17, 15) is 8.78 Å². The van der Waals surface area contributed by atoms with Gasteiger partial charge in [0.15, 0.2) is 11.6 Å². The van der Waals surface area contributed by atoms with Crippen molar-refractivity contribution < 1.29 is 23.0 Å². The molecular weight excluding hydrogens is 422 g/mol. The van der Waals surface area contributed by atoms with Crippen LogP contribution in [0.1, 0.15) is 110 Å². The van der Waals surface area contributed by atoms with Gasteiger partial charge in [-0.1, -0.05) is 70.8 Å². The number of rotatable bonds is 21. The Balaban J connectivity index is 2.57. The molecule has 33 heavy (non-hydrogen) atoms. The summed E-state index contributed by atoms with van der Waals surface area (Å²) in [5, 5.41) is 0. The minimum Gasteiger partial charge on any atom is -0.328 e. The molecule has 0 aromatic heterocycles. The first kappa shape index (κ1) is 30.0. The van der Waals surface area contributed by atoms with Gasteiger partial charge in [-0.15, -0.1) is 0 Å². The highest BCUT2D eigenvalue weighted by molar-refractivity contribution is 5.17. The Kier molecular flexibility index (Phi) is 16.6. The molecule has 0 radical (unpaired) electrons. The van der Waals surface area contributed by atoms with Crippen LogP contribution < -0.4 is 0 Å². The molecule has 1 atom stereocenters. The van der Waals surface area contributed by atoms with E-state index < -0.39 is 17.6 Å². The molecule has 0 aliphatic rings. The lowest BCUT2D eigenvalue weighted by atomic mass is 9.91. The van der Waals surface area contributed by atoms with Gasteiger partial charge in [0.25, 0.3) is 5.97 Å². The molecule has 1 aromatic rings. The third-order valence-electron chi connectivity index (χ3n) is 6.19. The van der Waals surface area contributed by atoms with Crippen LogP contribution in [0.15, 0.2) is 18.2 Å². The van der Waals surface area contributed by atoms with Gasteiger partial charge in [0.1, 0.15) is 0 Å². The zero-order valence-corrected chi connectivity index (χ0v) is 21.6. The monoisotopic (exact) mass is 470 g/mol.